The van der Waals surface area contributed by atoms with Crippen LogP contribution in [0, 0.1) is 5.82 Å². The summed E-state index contributed by atoms with van der Waals surface area (Å²) in [6.07, 6.45) is 4.73. The smallest absolute Gasteiger partial charge is 0.260 e. The van der Waals surface area contributed by atoms with Gasteiger partial charge in [-0.3, -0.25) is 4.79 Å². The second-order valence-electron chi connectivity index (χ2n) is 6.54. The van der Waals surface area contributed by atoms with Crippen molar-refractivity contribution in [2.45, 2.75) is 18.9 Å². The zero-order valence-electron chi connectivity index (χ0n) is 15.5. The number of piperidine rings is 1. The molecule has 1 fully saturated rings. The molecule has 8 heteroatoms. The minimum absolute atomic E-state index is 0.0908. The molecule has 1 aliphatic heterocycles. The number of halogens is 1. The van der Waals surface area contributed by atoms with E-state index in [1.807, 2.05) is 19.0 Å². The average molecular weight is 374 g/mol. The number of amides is 1. The molecule has 27 heavy (non-hydrogen) atoms. The van der Waals surface area contributed by atoms with Crippen molar-refractivity contribution in [2.24, 2.45) is 0 Å². The van der Waals surface area contributed by atoms with Gasteiger partial charge in [-0.1, -0.05) is 0 Å². The summed E-state index contributed by atoms with van der Waals surface area (Å²) >= 11 is 0. The zero-order valence-corrected chi connectivity index (χ0v) is 15.5. The van der Waals surface area contributed by atoms with Crippen LogP contribution in [0.4, 0.5) is 10.2 Å². The van der Waals surface area contributed by atoms with Crippen molar-refractivity contribution < 1.29 is 18.7 Å². The molecule has 0 bridgehead atoms. The fourth-order valence-electron chi connectivity index (χ4n) is 2.89. The third-order valence-electron chi connectivity index (χ3n) is 4.26. The van der Waals surface area contributed by atoms with Gasteiger partial charge in [-0.15, -0.1) is 0 Å². The highest BCUT2D eigenvalue weighted by atomic mass is 19.1. The molecule has 1 saturated heterocycles. The Morgan fingerprint density at radius 1 is 1.26 bits per heavy atom. The number of aromatic nitrogens is 2. The van der Waals surface area contributed by atoms with Gasteiger partial charge in [-0.05, 0) is 37.1 Å². The van der Waals surface area contributed by atoms with E-state index in [9.17, 15) is 9.18 Å². The van der Waals surface area contributed by atoms with Crippen molar-refractivity contribution in [3.05, 3.63) is 42.5 Å². The largest absolute Gasteiger partial charge is 0.484 e. The molecule has 1 unspecified atom stereocenters. The number of carbonyl (C=O) groups is 1. The molecule has 1 aromatic heterocycles. The summed E-state index contributed by atoms with van der Waals surface area (Å²) in [4.78, 5) is 24.6. The van der Waals surface area contributed by atoms with E-state index in [2.05, 4.69) is 9.97 Å². The number of nitrogens with zero attached hydrogens (tertiary/aromatic N) is 4. The quantitative estimate of drug-likeness (QED) is 0.772. The van der Waals surface area contributed by atoms with Gasteiger partial charge in [-0.25, -0.2) is 14.4 Å². The summed E-state index contributed by atoms with van der Waals surface area (Å²) in [6.45, 7) is 1.04. The van der Waals surface area contributed by atoms with E-state index < -0.39 is 0 Å². The predicted molar refractivity (Wildman–Crippen MR) is 98.5 cm³/mol. The molecule has 144 valence electrons. The fraction of sp³-hybridized carbons (Fsp3) is 0.421. The van der Waals surface area contributed by atoms with E-state index in [4.69, 9.17) is 9.47 Å². The first-order valence-corrected chi connectivity index (χ1v) is 8.84. The standard InChI is InChI=1S/C19H23FN4O3/c1-23(2)18-19(22-10-9-21-18)27-16-4-3-11-24(12-16)17(25)13-26-15-7-5-14(20)6-8-15/h5-10,16H,3-4,11-13H2,1-2H3. The van der Waals surface area contributed by atoms with Crippen LogP contribution in [0.1, 0.15) is 12.8 Å². The van der Waals surface area contributed by atoms with Gasteiger partial charge in [0.05, 0.1) is 6.54 Å². The van der Waals surface area contributed by atoms with Gasteiger partial charge >= 0.3 is 0 Å². The number of hydrogen-bond donors (Lipinski definition) is 0. The predicted octanol–water partition coefficient (Wildman–Crippen LogP) is 2.13. The molecule has 0 saturated carbocycles. The fourth-order valence-corrected chi connectivity index (χ4v) is 2.89. The monoisotopic (exact) mass is 374 g/mol. The number of hydrogen-bond acceptors (Lipinski definition) is 6. The molecule has 0 aliphatic carbocycles. The average Bonchev–Trinajstić information content (AvgIpc) is 2.68. The number of likely N-dealkylation sites (tertiary alicyclic amines) is 1. The summed E-state index contributed by atoms with van der Waals surface area (Å²) in [5, 5.41) is 0. The Labute approximate surface area is 157 Å². The normalized spacial score (nSPS) is 16.7. The van der Waals surface area contributed by atoms with Crippen molar-refractivity contribution in [1.82, 2.24) is 14.9 Å². The van der Waals surface area contributed by atoms with E-state index >= 15 is 0 Å². The second-order valence-corrected chi connectivity index (χ2v) is 6.54. The molecule has 2 aromatic rings. The molecular weight excluding hydrogens is 351 g/mol. The molecule has 1 amide bonds. The van der Waals surface area contributed by atoms with Gasteiger partial charge < -0.3 is 19.3 Å². The van der Waals surface area contributed by atoms with Crippen LogP contribution in [-0.4, -0.2) is 60.7 Å². The molecule has 7 nitrogen and oxygen atoms in total. The lowest BCUT2D eigenvalue weighted by Crippen LogP contribution is -2.46. The van der Waals surface area contributed by atoms with Crippen molar-refractivity contribution in [3.63, 3.8) is 0 Å². The SMILES string of the molecule is CN(C)c1nccnc1OC1CCCN(C(=O)COc2ccc(F)cc2)C1. The highest BCUT2D eigenvalue weighted by molar-refractivity contribution is 5.77. The molecule has 2 heterocycles. The summed E-state index contributed by atoms with van der Waals surface area (Å²) in [6, 6.07) is 5.60. The van der Waals surface area contributed by atoms with E-state index in [-0.39, 0.29) is 24.4 Å². The van der Waals surface area contributed by atoms with Gasteiger partial charge in [0, 0.05) is 33.0 Å². The number of rotatable bonds is 6. The number of ether oxygens (including phenoxy) is 2. The van der Waals surface area contributed by atoms with Gasteiger partial charge in [0.2, 0.25) is 0 Å². The van der Waals surface area contributed by atoms with Gasteiger partial charge in [0.1, 0.15) is 17.7 Å². The van der Waals surface area contributed by atoms with Gasteiger partial charge in [0.25, 0.3) is 11.8 Å². The van der Waals surface area contributed by atoms with E-state index in [0.29, 0.717) is 30.5 Å². The Hall–Kier alpha value is -2.90. The number of carbonyl (C=O) groups excluding carboxylic acids is 1. The molecule has 3 rings (SSSR count). The Bertz CT molecular complexity index is 770. The van der Waals surface area contributed by atoms with Crippen LogP contribution in [0.25, 0.3) is 0 Å². The van der Waals surface area contributed by atoms with Crippen molar-refractivity contribution >= 4 is 11.7 Å². The van der Waals surface area contributed by atoms with E-state index in [1.165, 1.54) is 24.3 Å². The van der Waals surface area contributed by atoms with Crippen LogP contribution in [0.15, 0.2) is 36.7 Å². The molecule has 1 aromatic carbocycles. The Kier molecular flexibility index (Phi) is 6.05. The van der Waals surface area contributed by atoms with Crippen molar-refractivity contribution in [3.8, 4) is 11.6 Å². The van der Waals surface area contributed by atoms with Crippen LogP contribution < -0.4 is 14.4 Å². The highest BCUT2D eigenvalue weighted by Crippen LogP contribution is 2.24. The minimum Gasteiger partial charge on any atom is -0.484 e. The van der Waals surface area contributed by atoms with Crippen molar-refractivity contribution in [1.29, 1.82) is 0 Å². The van der Waals surface area contributed by atoms with Crippen LogP contribution in [-0.2, 0) is 4.79 Å². The highest BCUT2D eigenvalue weighted by Gasteiger charge is 2.26. The first-order chi connectivity index (χ1) is 13.0. The lowest BCUT2D eigenvalue weighted by atomic mass is 10.1. The van der Waals surface area contributed by atoms with Crippen LogP contribution >= 0.6 is 0 Å². The van der Waals surface area contributed by atoms with Crippen LogP contribution in [0.2, 0.25) is 0 Å². The van der Waals surface area contributed by atoms with Crippen molar-refractivity contribution in [2.75, 3.05) is 38.7 Å². The lowest BCUT2D eigenvalue weighted by Gasteiger charge is -2.33. The molecular formula is C19H23FN4O3. The summed E-state index contributed by atoms with van der Waals surface area (Å²) < 4.78 is 24.4. The van der Waals surface area contributed by atoms with Crippen LogP contribution in [0.3, 0.4) is 0 Å². The number of benzene rings is 1. The summed E-state index contributed by atoms with van der Waals surface area (Å²) in [5.41, 5.74) is 0. The summed E-state index contributed by atoms with van der Waals surface area (Å²) in [7, 11) is 3.75. The topological polar surface area (TPSA) is 67.8 Å². The van der Waals surface area contributed by atoms with Gasteiger partial charge in [-0.2, -0.15) is 0 Å². The Morgan fingerprint density at radius 3 is 2.74 bits per heavy atom. The maximum Gasteiger partial charge on any atom is 0.260 e. The first kappa shape index (κ1) is 18.9. The van der Waals surface area contributed by atoms with Gasteiger partial charge in [0.15, 0.2) is 12.4 Å². The molecule has 0 radical (unpaired) electrons. The third-order valence-corrected chi connectivity index (χ3v) is 4.26. The lowest BCUT2D eigenvalue weighted by molar-refractivity contribution is -0.136. The first-order valence-electron chi connectivity index (χ1n) is 8.84. The van der Waals surface area contributed by atoms with E-state index in [1.54, 1.807) is 17.3 Å². The Balaban J connectivity index is 1.56. The minimum atomic E-state index is -0.342. The molecule has 1 aliphatic rings. The maximum atomic E-state index is 12.9. The zero-order chi connectivity index (χ0) is 19.2. The molecule has 1 atom stereocenters. The van der Waals surface area contributed by atoms with Crippen LogP contribution in [0.5, 0.6) is 11.6 Å². The van der Waals surface area contributed by atoms with E-state index in [0.717, 1.165) is 12.8 Å². The maximum absolute atomic E-state index is 12.9. The number of anilines is 1. The Morgan fingerprint density at radius 2 is 2.00 bits per heavy atom. The third kappa shape index (κ3) is 5.06. The molecule has 0 spiro atoms. The summed E-state index contributed by atoms with van der Waals surface area (Å²) in [5.74, 6) is 1.11. The second kappa shape index (κ2) is 8.66. The molecule has 0 N–H and O–H groups in total.